The zero-order valence-electron chi connectivity index (χ0n) is 15.2. The van der Waals surface area contributed by atoms with E-state index in [1.54, 1.807) is 6.07 Å². The van der Waals surface area contributed by atoms with E-state index < -0.39 is 17.4 Å². The summed E-state index contributed by atoms with van der Waals surface area (Å²) in [5, 5.41) is 0. The molecule has 0 aliphatic heterocycles. The Morgan fingerprint density at radius 1 is 1.00 bits per heavy atom. The molecule has 1 unspecified atom stereocenters. The van der Waals surface area contributed by atoms with Gasteiger partial charge in [-0.2, -0.15) is 0 Å². The minimum absolute atomic E-state index is 0.197. The number of benzene rings is 2. The summed E-state index contributed by atoms with van der Waals surface area (Å²) in [6.07, 6.45) is 0.336. The van der Waals surface area contributed by atoms with Gasteiger partial charge in [0.05, 0.1) is 14.2 Å². The predicted molar refractivity (Wildman–Crippen MR) is 99.1 cm³/mol. The second kappa shape index (κ2) is 7.96. The van der Waals surface area contributed by atoms with Gasteiger partial charge in [-0.25, -0.2) is 0 Å². The van der Waals surface area contributed by atoms with Crippen LogP contribution in [0.15, 0.2) is 54.6 Å². The van der Waals surface area contributed by atoms with Gasteiger partial charge in [0, 0.05) is 11.5 Å². The van der Waals surface area contributed by atoms with Crippen molar-refractivity contribution >= 4 is 11.9 Å². The second-order valence-electron chi connectivity index (χ2n) is 6.21. The molecule has 1 atom stereocenters. The molecule has 3 rings (SSSR count). The number of methoxy groups -OCH3 is 2. The summed E-state index contributed by atoms with van der Waals surface area (Å²) < 4.78 is 15.5. The van der Waals surface area contributed by atoms with Crippen molar-refractivity contribution in [3.63, 3.8) is 0 Å². The third kappa shape index (κ3) is 3.65. The number of carbonyl (C=O) groups is 2. The van der Waals surface area contributed by atoms with Crippen LogP contribution in [0.4, 0.5) is 0 Å². The van der Waals surface area contributed by atoms with Crippen LogP contribution in [0, 0.1) is 17.3 Å². The number of para-hydroxylation sites is 1. The highest BCUT2D eigenvalue weighted by Crippen LogP contribution is 2.62. The quantitative estimate of drug-likeness (QED) is 0.464. The highest BCUT2D eigenvalue weighted by molar-refractivity contribution is 6.05. The van der Waals surface area contributed by atoms with E-state index in [9.17, 15) is 9.59 Å². The van der Waals surface area contributed by atoms with Crippen LogP contribution in [-0.4, -0.2) is 32.8 Å². The first kappa shape index (κ1) is 18.5. The molecular weight excluding hydrogens is 344 g/mol. The summed E-state index contributed by atoms with van der Waals surface area (Å²) in [5.41, 5.74) is 0.389. The summed E-state index contributed by atoms with van der Waals surface area (Å²) in [6, 6.07) is 17.0. The molecule has 1 aliphatic rings. The van der Waals surface area contributed by atoms with Crippen molar-refractivity contribution in [2.75, 3.05) is 20.8 Å². The second-order valence-corrected chi connectivity index (χ2v) is 6.21. The zero-order valence-corrected chi connectivity index (χ0v) is 15.2. The minimum atomic E-state index is -1.29. The first-order chi connectivity index (χ1) is 13.1. The Morgan fingerprint density at radius 2 is 1.63 bits per heavy atom. The molecule has 0 saturated heterocycles. The van der Waals surface area contributed by atoms with Crippen LogP contribution in [0.25, 0.3) is 0 Å². The Kier molecular flexibility index (Phi) is 5.46. The van der Waals surface area contributed by atoms with E-state index in [1.807, 2.05) is 48.5 Å². The number of hydrogen-bond acceptors (Lipinski definition) is 5. The molecule has 0 amide bonds. The third-order valence-corrected chi connectivity index (χ3v) is 4.66. The topological polar surface area (TPSA) is 61.8 Å². The van der Waals surface area contributed by atoms with Crippen molar-refractivity contribution in [3.8, 4) is 17.6 Å². The molecule has 1 aliphatic carbocycles. The van der Waals surface area contributed by atoms with Crippen LogP contribution in [0.2, 0.25) is 0 Å². The molecule has 0 radical (unpaired) electrons. The third-order valence-electron chi connectivity index (χ3n) is 4.66. The van der Waals surface area contributed by atoms with E-state index in [2.05, 4.69) is 11.8 Å². The maximum atomic E-state index is 12.2. The van der Waals surface area contributed by atoms with E-state index in [0.29, 0.717) is 12.2 Å². The van der Waals surface area contributed by atoms with Gasteiger partial charge < -0.3 is 14.2 Å². The lowest BCUT2D eigenvalue weighted by Crippen LogP contribution is -2.30. The van der Waals surface area contributed by atoms with Crippen LogP contribution in [0.3, 0.4) is 0 Å². The van der Waals surface area contributed by atoms with Gasteiger partial charge in [-0.05, 0) is 30.2 Å². The minimum Gasteiger partial charge on any atom is -0.481 e. The molecule has 5 nitrogen and oxygen atoms in total. The number of ether oxygens (including phenoxy) is 3. The Bertz CT molecular complexity index is 876. The van der Waals surface area contributed by atoms with E-state index in [-0.39, 0.29) is 12.5 Å². The lowest BCUT2D eigenvalue weighted by molar-refractivity contribution is -0.161. The fraction of sp³-hybridized carbons (Fsp3) is 0.273. The zero-order chi connectivity index (χ0) is 19.3. The summed E-state index contributed by atoms with van der Waals surface area (Å²) in [5.74, 6) is 5.09. The van der Waals surface area contributed by atoms with Crippen molar-refractivity contribution in [1.82, 2.24) is 0 Å². The monoisotopic (exact) mass is 364 g/mol. The first-order valence-corrected chi connectivity index (χ1v) is 8.56. The maximum absolute atomic E-state index is 12.2. The fourth-order valence-corrected chi connectivity index (χ4v) is 3.21. The van der Waals surface area contributed by atoms with Crippen molar-refractivity contribution in [3.05, 3.63) is 65.7 Å². The van der Waals surface area contributed by atoms with Crippen LogP contribution in [0.5, 0.6) is 5.75 Å². The molecule has 0 N–H and O–H groups in total. The van der Waals surface area contributed by atoms with E-state index in [0.717, 1.165) is 11.1 Å². The Labute approximate surface area is 158 Å². The number of hydrogen-bond donors (Lipinski definition) is 0. The molecule has 1 fully saturated rings. The molecule has 0 heterocycles. The molecule has 0 bridgehead atoms. The average Bonchev–Trinajstić information content (AvgIpc) is 3.48. The number of rotatable bonds is 5. The molecule has 1 saturated carbocycles. The van der Waals surface area contributed by atoms with Crippen molar-refractivity contribution in [2.45, 2.75) is 12.3 Å². The van der Waals surface area contributed by atoms with Gasteiger partial charge in [-0.1, -0.05) is 48.2 Å². The average molecular weight is 364 g/mol. The lowest BCUT2D eigenvalue weighted by Gasteiger charge is -2.14. The Balaban J connectivity index is 1.76. The van der Waals surface area contributed by atoms with Gasteiger partial charge in [0.1, 0.15) is 12.4 Å². The summed E-state index contributed by atoms with van der Waals surface area (Å²) >= 11 is 0. The van der Waals surface area contributed by atoms with Crippen LogP contribution in [-0.2, 0) is 19.1 Å². The Hall–Kier alpha value is -3.26. The molecule has 5 heteroatoms. The normalized spacial score (nSPS) is 16.4. The van der Waals surface area contributed by atoms with Crippen molar-refractivity contribution < 1.29 is 23.8 Å². The van der Waals surface area contributed by atoms with Gasteiger partial charge >= 0.3 is 11.9 Å². The molecule has 0 spiro atoms. The number of esters is 2. The molecular formula is C22H20O5. The molecule has 138 valence electrons. The lowest BCUT2D eigenvalue weighted by atomic mass is 9.98. The molecule has 27 heavy (non-hydrogen) atoms. The van der Waals surface area contributed by atoms with Gasteiger partial charge in [0.15, 0.2) is 5.41 Å². The maximum Gasteiger partial charge on any atom is 0.323 e. The van der Waals surface area contributed by atoms with E-state index in [1.165, 1.54) is 14.2 Å². The smallest absolute Gasteiger partial charge is 0.323 e. The predicted octanol–water partition coefficient (Wildman–Crippen LogP) is 2.94. The molecule has 0 aromatic heterocycles. The van der Waals surface area contributed by atoms with Gasteiger partial charge in [0.2, 0.25) is 0 Å². The van der Waals surface area contributed by atoms with Gasteiger partial charge in [-0.3, -0.25) is 9.59 Å². The van der Waals surface area contributed by atoms with Crippen LogP contribution >= 0.6 is 0 Å². The molecule has 2 aromatic rings. The summed E-state index contributed by atoms with van der Waals surface area (Å²) in [4.78, 5) is 24.4. The standard InChI is InChI=1S/C22H20O5/c1-25-20(23)22(21(24)26-2)15-18(22)17-12-6-7-13-19(17)27-14-8-11-16-9-4-3-5-10-16/h3-7,9-10,12-13,18H,14-15H2,1-2H3. The van der Waals surface area contributed by atoms with E-state index >= 15 is 0 Å². The highest BCUT2D eigenvalue weighted by Gasteiger charge is 2.69. The first-order valence-electron chi connectivity index (χ1n) is 8.56. The molecule has 2 aromatic carbocycles. The summed E-state index contributed by atoms with van der Waals surface area (Å²) in [7, 11) is 2.54. The van der Waals surface area contributed by atoms with Crippen molar-refractivity contribution in [2.24, 2.45) is 5.41 Å². The summed E-state index contributed by atoms with van der Waals surface area (Å²) in [6.45, 7) is 0.197. The van der Waals surface area contributed by atoms with Crippen molar-refractivity contribution in [1.29, 1.82) is 0 Å². The Morgan fingerprint density at radius 3 is 2.30 bits per heavy atom. The number of carbonyl (C=O) groups excluding carboxylic acids is 2. The van der Waals surface area contributed by atoms with Crippen LogP contribution < -0.4 is 4.74 Å². The van der Waals surface area contributed by atoms with E-state index in [4.69, 9.17) is 14.2 Å². The highest BCUT2D eigenvalue weighted by atomic mass is 16.5. The SMILES string of the molecule is COC(=O)C1(C(=O)OC)CC1c1ccccc1OCC#Cc1ccccc1. The van der Waals surface area contributed by atoms with Gasteiger partial charge in [-0.15, -0.1) is 0 Å². The van der Waals surface area contributed by atoms with Gasteiger partial charge in [0.25, 0.3) is 0 Å². The van der Waals surface area contributed by atoms with Crippen LogP contribution in [0.1, 0.15) is 23.5 Å². The largest absolute Gasteiger partial charge is 0.481 e. The fourth-order valence-electron chi connectivity index (χ4n) is 3.21.